The molecule has 4 nitrogen and oxygen atoms in total. The molecule has 0 radical (unpaired) electrons. The van der Waals surface area contributed by atoms with Gasteiger partial charge in [0.1, 0.15) is 10.7 Å². The first-order valence-electron chi connectivity index (χ1n) is 6.00. The van der Waals surface area contributed by atoms with Gasteiger partial charge < -0.3 is 0 Å². The molecule has 1 fully saturated rings. The number of benzene rings is 1. The van der Waals surface area contributed by atoms with Crippen LogP contribution in [0.5, 0.6) is 0 Å². The number of hydrogen-bond donors (Lipinski definition) is 1. The van der Waals surface area contributed by atoms with Crippen molar-refractivity contribution in [2.24, 2.45) is 5.14 Å². The van der Waals surface area contributed by atoms with Gasteiger partial charge in [0.15, 0.2) is 0 Å². The van der Waals surface area contributed by atoms with Gasteiger partial charge in [-0.05, 0) is 43.6 Å². The fraction of sp³-hybridized carbons (Fsp3) is 0.500. The summed E-state index contributed by atoms with van der Waals surface area (Å²) in [4.78, 5) is 1.81. The van der Waals surface area contributed by atoms with E-state index in [1.165, 1.54) is 18.6 Å². The van der Waals surface area contributed by atoms with Crippen LogP contribution in [0.15, 0.2) is 23.1 Å². The SMILES string of the molecule is NS(=O)(=O)c1ccc(CN2CCCCC2)cc1F. The van der Waals surface area contributed by atoms with Crippen LogP contribution in [0, 0.1) is 5.82 Å². The molecule has 0 unspecified atom stereocenters. The summed E-state index contributed by atoms with van der Waals surface area (Å²) in [6.07, 6.45) is 3.57. The Morgan fingerprint density at radius 2 is 1.89 bits per heavy atom. The molecule has 1 aliphatic heterocycles. The van der Waals surface area contributed by atoms with Gasteiger partial charge in [-0.15, -0.1) is 0 Å². The molecule has 1 aliphatic rings. The summed E-state index contributed by atoms with van der Waals surface area (Å²) in [5.74, 6) is -0.771. The molecule has 0 saturated carbocycles. The van der Waals surface area contributed by atoms with Gasteiger partial charge in [0.2, 0.25) is 10.0 Å². The topological polar surface area (TPSA) is 63.4 Å². The Kier molecular flexibility index (Phi) is 3.99. The molecule has 18 heavy (non-hydrogen) atoms. The fourth-order valence-electron chi connectivity index (χ4n) is 2.25. The Labute approximate surface area is 107 Å². The fourth-order valence-corrected chi connectivity index (χ4v) is 2.84. The highest BCUT2D eigenvalue weighted by Gasteiger charge is 2.16. The van der Waals surface area contributed by atoms with E-state index in [9.17, 15) is 12.8 Å². The summed E-state index contributed by atoms with van der Waals surface area (Å²) >= 11 is 0. The van der Waals surface area contributed by atoms with Crippen molar-refractivity contribution in [3.8, 4) is 0 Å². The molecule has 100 valence electrons. The molecule has 0 aromatic heterocycles. The maximum absolute atomic E-state index is 13.6. The number of halogens is 1. The predicted octanol–water partition coefficient (Wildman–Crippen LogP) is 1.46. The van der Waals surface area contributed by atoms with Crippen molar-refractivity contribution in [3.05, 3.63) is 29.6 Å². The first-order valence-corrected chi connectivity index (χ1v) is 7.55. The van der Waals surface area contributed by atoms with Crippen molar-refractivity contribution >= 4 is 10.0 Å². The molecule has 1 aromatic rings. The molecule has 1 heterocycles. The largest absolute Gasteiger partial charge is 0.299 e. The third-order valence-corrected chi connectivity index (χ3v) is 4.10. The van der Waals surface area contributed by atoms with Crippen LogP contribution in [0.1, 0.15) is 24.8 Å². The van der Waals surface area contributed by atoms with Gasteiger partial charge >= 0.3 is 0 Å². The molecule has 1 saturated heterocycles. The summed E-state index contributed by atoms with van der Waals surface area (Å²) in [5.41, 5.74) is 0.779. The molecule has 2 rings (SSSR count). The van der Waals surface area contributed by atoms with Crippen LogP contribution in [0.4, 0.5) is 4.39 Å². The molecule has 0 spiro atoms. The van der Waals surface area contributed by atoms with Gasteiger partial charge in [-0.2, -0.15) is 0 Å². The van der Waals surface area contributed by atoms with Crippen LogP contribution >= 0.6 is 0 Å². The van der Waals surface area contributed by atoms with Crippen LogP contribution in [-0.2, 0) is 16.6 Å². The van der Waals surface area contributed by atoms with Gasteiger partial charge in [-0.25, -0.2) is 17.9 Å². The van der Waals surface area contributed by atoms with Crippen molar-refractivity contribution in [3.63, 3.8) is 0 Å². The molecular weight excluding hydrogens is 255 g/mol. The lowest BCUT2D eigenvalue weighted by Gasteiger charge is -2.26. The maximum atomic E-state index is 13.6. The zero-order chi connectivity index (χ0) is 13.2. The standard InChI is InChI=1S/C12H17FN2O2S/c13-11-8-10(4-5-12(11)18(14,16)17)9-15-6-2-1-3-7-15/h4-5,8H,1-3,6-7,9H2,(H2,14,16,17). The molecule has 2 N–H and O–H groups in total. The van der Waals surface area contributed by atoms with Crippen molar-refractivity contribution < 1.29 is 12.8 Å². The van der Waals surface area contributed by atoms with E-state index < -0.39 is 20.7 Å². The Morgan fingerprint density at radius 3 is 2.44 bits per heavy atom. The molecule has 6 heteroatoms. The maximum Gasteiger partial charge on any atom is 0.240 e. The molecule has 1 aromatic carbocycles. The molecule has 0 atom stereocenters. The van der Waals surface area contributed by atoms with E-state index >= 15 is 0 Å². The smallest absolute Gasteiger partial charge is 0.240 e. The van der Waals surface area contributed by atoms with Crippen LogP contribution in [0.2, 0.25) is 0 Å². The number of sulfonamides is 1. The zero-order valence-electron chi connectivity index (χ0n) is 10.1. The van der Waals surface area contributed by atoms with Gasteiger partial charge in [-0.3, -0.25) is 4.90 Å². The lowest BCUT2D eigenvalue weighted by molar-refractivity contribution is 0.220. The third-order valence-electron chi connectivity index (χ3n) is 3.16. The summed E-state index contributed by atoms with van der Waals surface area (Å²) in [7, 11) is -3.97. The van der Waals surface area contributed by atoms with Gasteiger partial charge in [0.05, 0.1) is 0 Å². The van der Waals surface area contributed by atoms with Crippen LogP contribution in [0.3, 0.4) is 0 Å². The van der Waals surface area contributed by atoms with E-state index in [2.05, 4.69) is 4.90 Å². The van der Waals surface area contributed by atoms with Crippen LogP contribution < -0.4 is 5.14 Å². The van der Waals surface area contributed by atoms with E-state index in [1.54, 1.807) is 6.07 Å². The third kappa shape index (κ3) is 3.28. The number of piperidine rings is 1. The van der Waals surface area contributed by atoms with E-state index in [1.807, 2.05) is 0 Å². The Bertz CT molecular complexity index is 525. The number of rotatable bonds is 3. The summed E-state index contributed by atoms with van der Waals surface area (Å²) in [6, 6.07) is 4.12. The first-order chi connectivity index (χ1) is 8.47. The Morgan fingerprint density at radius 1 is 1.22 bits per heavy atom. The second-order valence-corrected chi connectivity index (χ2v) is 6.18. The van der Waals surface area contributed by atoms with Crippen LogP contribution in [-0.4, -0.2) is 26.4 Å². The lowest BCUT2D eigenvalue weighted by atomic mass is 10.1. The zero-order valence-corrected chi connectivity index (χ0v) is 10.9. The van der Waals surface area contributed by atoms with E-state index in [4.69, 9.17) is 5.14 Å². The van der Waals surface area contributed by atoms with Gasteiger partial charge in [0.25, 0.3) is 0 Å². The molecule has 0 bridgehead atoms. The summed E-state index contributed by atoms with van der Waals surface area (Å²) < 4.78 is 35.8. The minimum Gasteiger partial charge on any atom is -0.299 e. The summed E-state index contributed by atoms with van der Waals surface area (Å²) in [5, 5.41) is 4.91. The first kappa shape index (κ1) is 13.5. The van der Waals surface area contributed by atoms with E-state index in [-0.39, 0.29) is 0 Å². The number of likely N-dealkylation sites (tertiary alicyclic amines) is 1. The monoisotopic (exact) mass is 272 g/mol. The average Bonchev–Trinajstić information content (AvgIpc) is 2.28. The number of primary sulfonamides is 1. The van der Waals surface area contributed by atoms with E-state index in [0.29, 0.717) is 6.54 Å². The van der Waals surface area contributed by atoms with Gasteiger partial charge in [0, 0.05) is 6.54 Å². The van der Waals surface area contributed by atoms with Gasteiger partial charge in [-0.1, -0.05) is 12.5 Å². The van der Waals surface area contributed by atoms with Crippen LogP contribution in [0.25, 0.3) is 0 Å². The lowest BCUT2D eigenvalue weighted by Crippen LogP contribution is -2.29. The van der Waals surface area contributed by atoms with Crippen molar-refractivity contribution in [1.29, 1.82) is 0 Å². The van der Waals surface area contributed by atoms with E-state index in [0.717, 1.165) is 31.5 Å². The van der Waals surface area contributed by atoms with Crippen molar-refractivity contribution in [2.45, 2.75) is 30.7 Å². The predicted molar refractivity (Wildman–Crippen MR) is 66.9 cm³/mol. The van der Waals surface area contributed by atoms with Crippen molar-refractivity contribution in [1.82, 2.24) is 4.90 Å². The second kappa shape index (κ2) is 5.34. The Hall–Kier alpha value is -0.980. The quantitative estimate of drug-likeness (QED) is 0.906. The van der Waals surface area contributed by atoms with Crippen molar-refractivity contribution in [2.75, 3.05) is 13.1 Å². The number of hydrogen-bond acceptors (Lipinski definition) is 3. The normalized spacial score (nSPS) is 17.9. The number of nitrogens with two attached hydrogens (primary N) is 1. The number of nitrogens with zero attached hydrogens (tertiary/aromatic N) is 1. The second-order valence-electron chi connectivity index (χ2n) is 4.65. The highest BCUT2D eigenvalue weighted by atomic mass is 32.2. The highest BCUT2D eigenvalue weighted by molar-refractivity contribution is 7.89. The molecule has 0 amide bonds. The Balaban J connectivity index is 2.13. The average molecular weight is 272 g/mol. The molecule has 0 aliphatic carbocycles. The minimum absolute atomic E-state index is 0.440. The highest BCUT2D eigenvalue weighted by Crippen LogP contribution is 2.17. The minimum atomic E-state index is -3.97. The molecular formula is C12H17FN2O2S. The summed E-state index contributed by atoms with van der Waals surface area (Å²) in [6.45, 7) is 2.68.